The Bertz CT molecular complexity index is 964. The molecule has 2 aromatic heterocycles. The Labute approximate surface area is 161 Å². The predicted molar refractivity (Wildman–Crippen MR) is 114 cm³/mol. The van der Waals surface area contributed by atoms with Gasteiger partial charge in [-0.3, -0.25) is 4.40 Å². The molecule has 140 valence electrons. The highest BCUT2D eigenvalue weighted by Gasteiger charge is 2.16. The molecule has 3 aromatic rings. The van der Waals surface area contributed by atoms with Crippen LogP contribution in [-0.2, 0) is 6.42 Å². The molecule has 1 aliphatic heterocycles. The summed E-state index contributed by atoms with van der Waals surface area (Å²) in [6.45, 7) is 8.75. The van der Waals surface area contributed by atoms with Gasteiger partial charge in [-0.2, -0.15) is 0 Å². The fourth-order valence-electron chi connectivity index (χ4n) is 3.99. The van der Waals surface area contributed by atoms with E-state index in [2.05, 4.69) is 69.6 Å². The fourth-order valence-corrected chi connectivity index (χ4v) is 3.99. The van der Waals surface area contributed by atoms with Crippen LogP contribution in [0.15, 0.2) is 49.3 Å². The number of anilines is 1. The molecular weight excluding hydrogens is 332 g/mol. The Balaban J connectivity index is 1.72. The summed E-state index contributed by atoms with van der Waals surface area (Å²) in [7, 11) is 1.98. The first-order chi connectivity index (χ1) is 13.2. The lowest BCUT2D eigenvalue weighted by Crippen LogP contribution is -2.28. The van der Waals surface area contributed by atoms with Crippen LogP contribution in [0.3, 0.4) is 0 Å². The molecule has 0 unspecified atom stereocenters. The van der Waals surface area contributed by atoms with Gasteiger partial charge >= 0.3 is 0 Å². The van der Waals surface area contributed by atoms with Gasteiger partial charge in [-0.05, 0) is 60.6 Å². The Kier molecular flexibility index (Phi) is 4.88. The van der Waals surface area contributed by atoms with E-state index < -0.39 is 0 Å². The molecule has 27 heavy (non-hydrogen) atoms. The molecule has 0 amide bonds. The maximum atomic E-state index is 4.59. The molecule has 0 atom stereocenters. The zero-order chi connectivity index (χ0) is 18.8. The van der Waals surface area contributed by atoms with E-state index in [4.69, 9.17) is 0 Å². The zero-order valence-corrected chi connectivity index (χ0v) is 16.3. The smallest absolute Gasteiger partial charge is 0.137 e. The second-order valence-corrected chi connectivity index (χ2v) is 7.26. The summed E-state index contributed by atoms with van der Waals surface area (Å²) in [5.74, 6) is 0. The summed E-state index contributed by atoms with van der Waals surface area (Å²) < 4.78 is 2.18. The van der Waals surface area contributed by atoms with E-state index in [1.54, 1.807) is 0 Å². The third kappa shape index (κ3) is 3.32. The molecule has 0 aliphatic carbocycles. The zero-order valence-electron chi connectivity index (χ0n) is 16.3. The molecule has 0 saturated carbocycles. The van der Waals surface area contributed by atoms with Crippen LogP contribution in [0.2, 0.25) is 0 Å². The first-order valence-corrected chi connectivity index (χ1v) is 9.93. The van der Waals surface area contributed by atoms with Crippen molar-refractivity contribution in [3.05, 3.63) is 60.6 Å². The number of benzene rings is 1. The molecule has 1 saturated heterocycles. The number of likely N-dealkylation sites (tertiary alicyclic amines) is 1. The Morgan fingerprint density at radius 3 is 2.63 bits per heavy atom. The summed E-state index contributed by atoms with van der Waals surface area (Å²) in [5.41, 5.74) is 8.06. The molecule has 4 nitrogen and oxygen atoms in total. The number of nitrogens with zero attached hydrogens (tertiary/aromatic N) is 3. The van der Waals surface area contributed by atoms with Gasteiger partial charge in [0.25, 0.3) is 0 Å². The monoisotopic (exact) mass is 360 g/mol. The van der Waals surface area contributed by atoms with Crippen LogP contribution in [0.1, 0.15) is 37.4 Å². The van der Waals surface area contributed by atoms with Gasteiger partial charge in [0, 0.05) is 32.0 Å². The summed E-state index contributed by atoms with van der Waals surface area (Å²) in [6.07, 6.45) is 8.98. The summed E-state index contributed by atoms with van der Waals surface area (Å²) in [5, 5.41) is 3.32. The summed E-state index contributed by atoms with van der Waals surface area (Å²) in [4.78, 5) is 6.99. The number of nitrogens with one attached hydrogen (secondary N) is 1. The van der Waals surface area contributed by atoms with Crippen molar-refractivity contribution in [2.45, 2.75) is 32.6 Å². The molecule has 3 heterocycles. The third-order valence-corrected chi connectivity index (χ3v) is 5.63. The van der Waals surface area contributed by atoms with E-state index in [-0.39, 0.29) is 0 Å². The van der Waals surface area contributed by atoms with Crippen molar-refractivity contribution in [3.8, 4) is 11.1 Å². The van der Waals surface area contributed by atoms with Crippen molar-refractivity contribution >= 4 is 17.0 Å². The molecule has 4 rings (SSSR count). The Morgan fingerprint density at radius 2 is 1.89 bits per heavy atom. The van der Waals surface area contributed by atoms with Crippen molar-refractivity contribution in [2.75, 3.05) is 25.5 Å². The molecule has 0 bridgehead atoms. The SMILES string of the molecule is C=C(c1cnc2ccc(-c3ccc(CC)c(NC)c3)cn12)N1CCCCC1. The normalized spacial score (nSPS) is 14.5. The van der Waals surface area contributed by atoms with Gasteiger partial charge in [-0.25, -0.2) is 4.98 Å². The van der Waals surface area contributed by atoms with Gasteiger partial charge in [-0.15, -0.1) is 0 Å². The number of pyridine rings is 1. The van der Waals surface area contributed by atoms with Crippen LogP contribution >= 0.6 is 0 Å². The molecule has 1 N–H and O–H groups in total. The quantitative estimate of drug-likeness (QED) is 0.690. The minimum atomic E-state index is 0.964. The van der Waals surface area contributed by atoms with Crippen molar-refractivity contribution in [1.29, 1.82) is 0 Å². The lowest BCUT2D eigenvalue weighted by Gasteiger charge is -2.30. The molecular formula is C23H28N4. The average Bonchev–Trinajstić information content (AvgIpc) is 3.16. The van der Waals surface area contributed by atoms with E-state index in [0.29, 0.717) is 0 Å². The fraction of sp³-hybridized carbons (Fsp3) is 0.348. The Hall–Kier alpha value is -2.75. The van der Waals surface area contributed by atoms with Crippen LogP contribution in [0.5, 0.6) is 0 Å². The maximum absolute atomic E-state index is 4.59. The van der Waals surface area contributed by atoms with Crippen LogP contribution in [0.4, 0.5) is 5.69 Å². The molecule has 4 heteroatoms. The van der Waals surface area contributed by atoms with Crippen LogP contribution in [0.25, 0.3) is 22.5 Å². The summed E-state index contributed by atoms with van der Waals surface area (Å²) in [6, 6.07) is 10.9. The maximum Gasteiger partial charge on any atom is 0.137 e. The minimum absolute atomic E-state index is 0.964. The molecule has 1 fully saturated rings. The minimum Gasteiger partial charge on any atom is -0.388 e. The lowest BCUT2D eigenvalue weighted by molar-refractivity contribution is 0.325. The van der Waals surface area contributed by atoms with Crippen LogP contribution < -0.4 is 5.32 Å². The number of imidazole rings is 1. The topological polar surface area (TPSA) is 32.6 Å². The number of piperidine rings is 1. The number of hydrogen-bond acceptors (Lipinski definition) is 3. The predicted octanol–water partition coefficient (Wildman–Crippen LogP) is 5.06. The Morgan fingerprint density at radius 1 is 1.11 bits per heavy atom. The molecule has 0 spiro atoms. The molecule has 1 aromatic carbocycles. The lowest BCUT2D eigenvalue weighted by atomic mass is 10.0. The van der Waals surface area contributed by atoms with Gasteiger partial charge in [0.1, 0.15) is 5.65 Å². The third-order valence-electron chi connectivity index (χ3n) is 5.63. The van der Waals surface area contributed by atoms with Gasteiger partial charge in [0.2, 0.25) is 0 Å². The summed E-state index contributed by atoms with van der Waals surface area (Å²) >= 11 is 0. The average molecular weight is 361 g/mol. The van der Waals surface area contributed by atoms with Crippen LogP contribution in [0, 0.1) is 0 Å². The van der Waals surface area contributed by atoms with E-state index in [1.807, 2.05) is 13.2 Å². The van der Waals surface area contributed by atoms with Gasteiger partial charge < -0.3 is 10.2 Å². The number of fused-ring (bicyclic) bond motifs is 1. The van der Waals surface area contributed by atoms with Crippen molar-refractivity contribution < 1.29 is 0 Å². The first kappa shape index (κ1) is 17.7. The highest BCUT2D eigenvalue weighted by atomic mass is 15.2. The molecule has 1 aliphatic rings. The van der Waals surface area contributed by atoms with E-state index in [1.165, 1.54) is 41.6 Å². The number of aryl methyl sites for hydroxylation is 1. The van der Waals surface area contributed by atoms with Gasteiger partial charge in [0.15, 0.2) is 0 Å². The largest absolute Gasteiger partial charge is 0.388 e. The molecule has 0 radical (unpaired) electrons. The van der Waals surface area contributed by atoms with Crippen molar-refractivity contribution in [3.63, 3.8) is 0 Å². The second kappa shape index (κ2) is 7.47. The van der Waals surface area contributed by atoms with Gasteiger partial charge in [-0.1, -0.05) is 25.6 Å². The number of aromatic nitrogens is 2. The highest BCUT2D eigenvalue weighted by molar-refractivity contribution is 5.72. The van der Waals surface area contributed by atoms with E-state index in [0.717, 1.165) is 36.5 Å². The van der Waals surface area contributed by atoms with Gasteiger partial charge in [0.05, 0.1) is 17.6 Å². The van der Waals surface area contributed by atoms with Crippen LogP contribution in [-0.4, -0.2) is 34.4 Å². The number of hydrogen-bond donors (Lipinski definition) is 1. The van der Waals surface area contributed by atoms with E-state index >= 15 is 0 Å². The van der Waals surface area contributed by atoms with Crippen molar-refractivity contribution in [1.82, 2.24) is 14.3 Å². The highest BCUT2D eigenvalue weighted by Crippen LogP contribution is 2.28. The first-order valence-electron chi connectivity index (χ1n) is 9.93. The second-order valence-electron chi connectivity index (χ2n) is 7.26. The van der Waals surface area contributed by atoms with Crippen molar-refractivity contribution in [2.24, 2.45) is 0 Å². The standard InChI is InChI=1S/C23H28N4/c1-4-18-8-9-19(14-21(18)24-3)20-10-11-23-25-15-22(27(23)16-20)17(2)26-12-6-5-7-13-26/h8-11,14-16,24H,2,4-7,12-13H2,1,3H3. The number of rotatable bonds is 5. The van der Waals surface area contributed by atoms with E-state index in [9.17, 15) is 0 Å².